The summed E-state index contributed by atoms with van der Waals surface area (Å²) in [6.07, 6.45) is 1.50. The van der Waals surface area contributed by atoms with Gasteiger partial charge in [-0.2, -0.15) is 0 Å². The topological polar surface area (TPSA) is 86.0 Å². The molecule has 7 heteroatoms. The van der Waals surface area contributed by atoms with Crippen LogP contribution in [0, 0.1) is 6.92 Å². The van der Waals surface area contributed by atoms with Gasteiger partial charge in [-0.3, -0.25) is 18.7 Å². The van der Waals surface area contributed by atoms with E-state index in [0.29, 0.717) is 5.69 Å². The molecule has 0 aliphatic carbocycles. The maximum Gasteiger partial charge on any atom is 0.333 e. The van der Waals surface area contributed by atoms with Crippen molar-refractivity contribution in [2.75, 3.05) is 5.32 Å². The van der Waals surface area contributed by atoms with Crippen LogP contribution in [0.3, 0.4) is 0 Å². The van der Waals surface area contributed by atoms with Gasteiger partial charge >= 0.3 is 5.69 Å². The molecule has 30 heavy (non-hydrogen) atoms. The number of hydrogen-bond donors (Lipinski definition) is 1. The Bertz CT molecular complexity index is 1320. The molecular formula is C23H20N4O3. The van der Waals surface area contributed by atoms with Gasteiger partial charge in [-0.05, 0) is 36.8 Å². The summed E-state index contributed by atoms with van der Waals surface area (Å²) in [6, 6.07) is 19.8. The fourth-order valence-electron chi connectivity index (χ4n) is 3.27. The molecule has 0 atom stereocenters. The van der Waals surface area contributed by atoms with Crippen LogP contribution in [0.25, 0.3) is 11.0 Å². The molecule has 1 N–H and O–H groups in total. The van der Waals surface area contributed by atoms with Crippen LogP contribution in [0.4, 0.5) is 5.69 Å². The van der Waals surface area contributed by atoms with Gasteiger partial charge in [-0.25, -0.2) is 9.78 Å². The number of para-hydroxylation sites is 1. The van der Waals surface area contributed by atoms with Crippen molar-refractivity contribution in [1.82, 2.24) is 14.1 Å². The van der Waals surface area contributed by atoms with Crippen LogP contribution in [0.5, 0.6) is 0 Å². The summed E-state index contributed by atoms with van der Waals surface area (Å²) in [7, 11) is 0. The Balaban J connectivity index is 1.76. The molecule has 0 aliphatic heterocycles. The smallest absolute Gasteiger partial charge is 0.325 e. The molecule has 0 unspecified atom stereocenters. The number of benzene rings is 2. The lowest BCUT2D eigenvalue weighted by Gasteiger charge is -2.13. The second-order valence-electron chi connectivity index (χ2n) is 7.03. The van der Waals surface area contributed by atoms with E-state index in [1.807, 2.05) is 37.3 Å². The Morgan fingerprint density at radius 1 is 0.933 bits per heavy atom. The van der Waals surface area contributed by atoms with Crippen molar-refractivity contribution in [2.45, 2.75) is 20.0 Å². The highest BCUT2D eigenvalue weighted by atomic mass is 16.2. The molecule has 0 saturated heterocycles. The van der Waals surface area contributed by atoms with Crippen molar-refractivity contribution < 1.29 is 4.79 Å². The summed E-state index contributed by atoms with van der Waals surface area (Å²) in [5, 5.41) is 3.05. The van der Waals surface area contributed by atoms with Crippen LogP contribution >= 0.6 is 0 Å². The van der Waals surface area contributed by atoms with E-state index < -0.39 is 11.2 Å². The molecule has 150 valence electrons. The van der Waals surface area contributed by atoms with Crippen molar-refractivity contribution in [3.05, 3.63) is 105 Å². The average molecular weight is 400 g/mol. The molecule has 1 amide bonds. The molecule has 4 rings (SSSR count). The first-order chi connectivity index (χ1) is 14.5. The zero-order valence-electron chi connectivity index (χ0n) is 16.4. The number of amides is 1. The highest BCUT2D eigenvalue weighted by molar-refractivity contribution is 5.91. The molecule has 2 aromatic carbocycles. The highest BCUT2D eigenvalue weighted by Gasteiger charge is 2.16. The number of nitrogens with zero attached hydrogens (tertiary/aromatic N) is 3. The SMILES string of the molecule is Cc1ccc(Cn2c(=O)c3cccnc3n(CC(=O)Nc3ccccc3)c2=O)cc1. The van der Waals surface area contributed by atoms with Gasteiger partial charge in [0, 0.05) is 11.9 Å². The van der Waals surface area contributed by atoms with Crippen LogP contribution < -0.4 is 16.6 Å². The number of aryl methyl sites for hydroxylation is 1. The lowest BCUT2D eigenvalue weighted by Crippen LogP contribution is -2.42. The second kappa shape index (κ2) is 8.16. The summed E-state index contributed by atoms with van der Waals surface area (Å²) in [5.74, 6) is -0.379. The second-order valence-corrected chi connectivity index (χ2v) is 7.03. The van der Waals surface area contributed by atoms with Crippen LogP contribution in [-0.2, 0) is 17.9 Å². The Morgan fingerprint density at radius 3 is 2.40 bits per heavy atom. The Morgan fingerprint density at radius 2 is 1.67 bits per heavy atom. The lowest BCUT2D eigenvalue weighted by atomic mass is 10.1. The zero-order valence-corrected chi connectivity index (χ0v) is 16.4. The summed E-state index contributed by atoms with van der Waals surface area (Å²) in [4.78, 5) is 42.9. The largest absolute Gasteiger partial charge is 0.333 e. The van der Waals surface area contributed by atoms with Gasteiger partial charge in [-0.1, -0.05) is 48.0 Å². The quantitative estimate of drug-likeness (QED) is 0.558. The Hall–Kier alpha value is -4.00. The van der Waals surface area contributed by atoms with E-state index >= 15 is 0 Å². The van der Waals surface area contributed by atoms with Gasteiger partial charge in [-0.15, -0.1) is 0 Å². The number of fused-ring (bicyclic) bond motifs is 1. The molecule has 2 heterocycles. The molecule has 0 aliphatic rings. The summed E-state index contributed by atoms with van der Waals surface area (Å²) in [6.45, 7) is 1.83. The number of carbonyl (C=O) groups excluding carboxylic acids is 1. The predicted octanol–water partition coefficient (Wildman–Crippen LogP) is 2.55. The van der Waals surface area contributed by atoms with E-state index in [1.54, 1.807) is 36.4 Å². The predicted molar refractivity (Wildman–Crippen MR) is 116 cm³/mol. The fraction of sp³-hybridized carbons (Fsp3) is 0.130. The fourth-order valence-corrected chi connectivity index (χ4v) is 3.27. The van der Waals surface area contributed by atoms with Gasteiger partial charge in [0.25, 0.3) is 5.56 Å². The normalized spacial score (nSPS) is 10.8. The number of carbonyl (C=O) groups is 1. The molecule has 0 radical (unpaired) electrons. The third kappa shape index (κ3) is 3.91. The molecule has 4 aromatic rings. The zero-order chi connectivity index (χ0) is 21.1. The first-order valence-electron chi connectivity index (χ1n) is 9.52. The van der Waals surface area contributed by atoms with Crippen LogP contribution in [-0.4, -0.2) is 20.0 Å². The van der Waals surface area contributed by atoms with Gasteiger partial charge in [0.15, 0.2) is 0 Å². The van der Waals surface area contributed by atoms with Crippen molar-refractivity contribution in [2.24, 2.45) is 0 Å². The minimum Gasteiger partial charge on any atom is -0.325 e. The molecular weight excluding hydrogens is 380 g/mol. The van der Waals surface area contributed by atoms with E-state index in [9.17, 15) is 14.4 Å². The molecule has 0 fully saturated rings. The monoisotopic (exact) mass is 400 g/mol. The van der Waals surface area contributed by atoms with E-state index in [1.165, 1.54) is 10.8 Å². The standard InChI is InChI=1S/C23H20N4O3/c1-16-9-11-17(12-10-16)14-27-22(29)19-8-5-13-24-21(19)26(23(27)30)15-20(28)25-18-6-3-2-4-7-18/h2-13H,14-15H2,1H3,(H,25,28). The molecule has 2 aromatic heterocycles. The van der Waals surface area contributed by atoms with Crippen molar-refractivity contribution >= 4 is 22.6 Å². The van der Waals surface area contributed by atoms with E-state index in [4.69, 9.17) is 0 Å². The number of rotatable bonds is 5. The number of nitrogens with one attached hydrogen (secondary N) is 1. The van der Waals surface area contributed by atoms with Crippen molar-refractivity contribution in [3.63, 3.8) is 0 Å². The van der Waals surface area contributed by atoms with Gasteiger partial charge in [0.1, 0.15) is 12.2 Å². The van der Waals surface area contributed by atoms with Crippen LogP contribution in [0.1, 0.15) is 11.1 Å². The lowest BCUT2D eigenvalue weighted by molar-refractivity contribution is -0.116. The first kappa shape index (κ1) is 19.3. The van der Waals surface area contributed by atoms with Gasteiger partial charge in [0.2, 0.25) is 5.91 Å². The van der Waals surface area contributed by atoms with Crippen molar-refractivity contribution in [3.8, 4) is 0 Å². The molecule has 0 spiro atoms. The van der Waals surface area contributed by atoms with Crippen LogP contribution in [0.2, 0.25) is 0 Å². The first-order valence-corrected chi connectivity index (χ1v) is 9.52. The van der Waals surface area contributed by atoms with Gasteiger partial charge in [0.05, 0.1) is 11.9 Å². The molecule has 7 nitrogen and oxygen atoms in total. The van der Waals surface area contributed by atoms with Gasteiger partial charge < -0.3 is 5.32 Å². The maximum absolute atomic E-state index is 13.2. The third-order valence-electron chi connectivity index (χ3n) is 4.80. The average Bonchev–Trinajstić information content (AvgIpc) is 2.76. The molecule has 0 bridgehead atoms. The van der Waals surface area contributed by atoms with E-state index in [-0.39, 0.29) is 30.0 Å². The Labute approximate surface area is 172 Å². The summed E-state index contributed by atoms with van der Waals surface area (Å²) >= 11 is 0. The van der Waals surface area contributed by atoms with E-state index in [0.717, 1.165) is 15.7 Å². The molecule has 0 saturated carbocycles. The van der Waals surface area contributed by atoms with E-state index in [2.05, 4.69) is 10.3 Å². The number of aromatic nitrogens is 3. The van der Waals surface area contributed by atoms with Crippen LogP contribution in [0.15, 0.2) is 82.5 Å². The summed E-state index contributed by atoms with van der Waals surface area (Å²) < 4.78 is 2.38. The minimum atomic E-state index is -0.574. The number of hydrogen-bond acceptors (Lipinski definition) is 4. The third-order valence-corrected chi connectivity index (χ3v) is 4.80. The highest BCUT2D eigenvalue weighted by Crippen LogP contribution is 2.09. The number of anilines is 1. The number of pyridine rings is 1. The Kier molecular flexibility index (Phi) is 5.26. The summed E-state index contributed by atoms with van der Waals surface area (Å²) in [5.41, 5.74) is 1.72. The maximum atomic E-state index is 13.2. The van der Waals surface area contributed by atoms with Crippen molar-refractivity contribution in [1.29, 1.82) is 0 Å². The minimum absolute atomic E-state index is 0.114.